The van der Waals surface area contributed by atoms with Crippen molar-refractivity contribution in [3.05, 3.63) is 0 Å². The molecular weight excluding hydrogens is 412 g/mol. The van der Waals surface area contributed by atoms with E-state index in [2.05, 4.69) is 0 Å². The highest BCUT2D eigenvalue weighted by molar-refractivity contribution is 5.83. The van der Waals surface area contributed by atoms with Gasteiger partial charge in [0.1, 0.15) is 17.0 Å². The number of rotatable bonds is 0. The SMILES string of the molecule is CC1CC(=O)CC(C)N1C(=O)OC(C)(C)C.CC1CC(O)CC(C)N1C(=O)OC(C)(C)C. The third kappa shape index (κ3) is 8.96. The van der Waals surface area contributed by atoms with Crippen molar-refractivity contribution in [1.82, 2.24) is 9.80 Å². The summed E-state index contributed by atoms with van der Waals surface area (Å²) in [5.41, 5.74) is -0.954. The summed E-state index contributed by atoms with van der Waals surface area (Å²) in [5.74, 6) is 0.222. The summed E-state index contributed by atoms with van der Waals surface area (Å²) < 4.78 is 10.7. The van der Waals surface area contributed by atoms with Gasteiger partial charge in [-0.25, -0.2) is 9.59 Å². The number of Topliss-reactive ketones (excluding diaryl/α,β-unsaturated/α-hetero) is 1. The number of aliphatic hydroxyl groups is 1. The van der Waals surface area contributed by atoms with Crippen LogP contribution in [0.1, 0.15) is 94.9 Å². The van der Waals surface area contributed by atoms with Crippen LogP contribution in [0.3, 0.4) is 0 Å². The molecular formula is C24H44N2O6. The summed E-state index contributed by atoms with van der Waals surface area (Å²) in [5, 5.41) is 9.60. The smallest absolute Gasteiger partial charge is 0.410 e. The van der Waals surface area contributed by atoms with Gasteiger partial charge in [-0.1, -0.05) is 0 Å². The molecule has 1 N–H and O–H groups in total. The summed E-state index contributed by atoms with van der Waals surface area (Å²) in [6, 6.07) is -0.0561. The van der Waals surface area contributed by atoms with E-state index in [1.807, 2.05) is 69.2 Å². The molecule has 0 aromatic rings. The Bertz CT molecular complexity index is 640. The monoisotopic (exact) mass is 456 g/mol. The molecule has 2 amide bonds. The normalized spacial score (nSPS) is 29.1. The van der Waals surface area contributed by atoms with Gasteiger partial charge < -0.3 is 24.4 Å². The lowest BCUT2D eigenvalue weighted by atomic mass is 9.95. The van der Waals surface area contributed by atoms with Crippen LogP contribution in [0.25, 0.3) is 0 Å². The highest BCUT2D eigenvalue weighted by Crippen LogP contribution is 2.25. The number of piperidine rings is 2. The first-order valence-corrected chi connectivity index (χ1v) is 11.6. The van der Waals surface area contributed by atoms with Gasteiger partial charge in [0.2, 0.25) is 0 Å². The molecule has 8 nitrogen and oxygen atoms in total. The van der Waals surface area contributed by atoms with Gasteiger partial charge in [0, 0.05) is 37.0 Å². The van der Waals surface area contributed by atoms with Gasteiger partial charge in [-0.2, -0.15) is 0 Å². The lowest BCUT2D eigenvalue weighted by Gasteiger charge is -2.41. The highest BCUT2D eigenvalue weighted by atomic mass is 16.6. The summed E-state index contributed by atoms with van der Waals surface area (Å²) >= 11 is 0. The summed E-state index contributed by atoms with van der Waals surface area (Å²) in [6.45, 7) is 18.8. The van der Waals surface area contributed by atoms with Crippen LogP contribution < -0.4 is 0 Å². The first kappa shape index (κ1) is 28.2. The number of carbonyl (C=O) groups is 3. The van der Waals surface area contributed by atoms with E-state index in [1.54, 1.807) is 9.80 Å². The average Bonchev–Trinajstić information content (AvgIpc) is 2.49. The molecule has 0 bridgehead atoms. The van der Waals surface area contributed by atoms with Gasteiger partial charge in [0.25, 0.3) is 0 Å². The van der Waals surface area contributed by atoms with Crippen molar-refractivity contribution < 1.29 is 29.0 Å². The lowest BCUT2D eigenvalue weighted by molar-refractivity contribution is -0.124. The molecule has 0 aromatic heterocycles. The molecule has 0 radical (unpaired) electrons. The second-order valence-corrected chi connectivity index (χ2v) is 11.2. The number of hydrogen-bond acceptors (Lipinski definition) is 6. The second-order valence-electron chi connectivity index (χ2n) is 11.2. The maximum atomic E-state index is 12.0. The Morgan fingerprint density at radius 1 is 0.750 bits per heavy atom. The number of nitrogens with zero attached hydrogens (tertiary/aromatic N) is 2. The highest BCUT2D eigenvalue weighted by Gasteiger charge is 2.36. The van der Waals surface area contributed by atoms with Gasteiger partial charge in [-0.05, 0) is 82.1 Å². The molecule has 32 heavy (non-hydrogen) atoms. The first-order chi connectivity index (χ1) is 14.4. The van der Waals surface area contributed by atoms with Crippen molar-refractivity contribution in [2.75, 3.05) is 0 Å². The van der Waals surface area contributed by atoms with Crippen molar-refractivity contribution in [1.29, 1.82) is 0 Å². The quantitative estimate of drug-likeness (QED) is 0.576. The zero-order valence-corrected chi connectivity index (χ0v) is 21.6. The number of ether oxygens (including phenoxy) is 2. The molecule has 2 heterocycles. The van der Waals surface area contributed by atoms with E-state index in [-0.39, 0.29) is 48.2 Å². The van der Waals surface area contributed by atoms with Crippen LogP contribution >= 0.6 is 0 Å². The molecule has 2 fully saturated rings. The maximum Gasteiger partial charge on any atom is 0.410 e. The zero-order valence-electron chi connectivity index (χ0n) is 21.6. The van der Waals surface area contributed by atoms with E-state index >= 15 is 0 Å². The Balaban J connectivity index is 0.000000320. The molecule has 0 saturated carbocycles. The van der Waals surface area contributed by atoms with E-state index in [0.29, 0.717) is 25.7 Å². The van der Waals surface area contributed by atoms with Crippen LogP contribution in [0, 0.1) is 0 Å². The minimum atomic E-state index is -0.488. The Kier molecular flexibility index (Phi) is 9.57. The van der Waals surface area contributed by atoms with Crippen LogP contribution in [-0.2, 0) is 14.3 Å². The van der Waals surface area contributed by atoms with Crippen LogP contribution in [0.4, 0.5) is 9.59 Å². The first-order valence-electron chi connectivity index (χ1n) is 11.6. The third-order valence-electron chi connectivity index (χ3n) is 5.38. The van der Waals surface area contributed by atoms with Crippen LogP contribution in [0.15, 0.2) is 0 Å². The van der Waals surface area contributed by atoms with Gasteiger partial charge in [0.05, 0.1) is 6.10 Å². The Morgan fingerprint density at radius 3 is 1.38 bits per heavy atom. The zero-order chi connectivity index (χ0) is 25.0. The van der Waals surface area contributed by atoms with Crippen molar-refractivity contribution in [3.63, 3.8) is 0 Å². The largest absolute Gasteiger partial charge is 0.444 e. The van der Waals surface area contributed by atoms with Crippen molar-refractivity contribution in [2.45, 2.75) is 136 Å². The number of carbonyl (C=O) groups excluding carboxylic acids is 3. The number of amides is 2. The molecule has 0 spiro atoms. The van der Waals surface area contributed by atoms with Crippen molar-refractivity contribution in [3.8, 4) is 0 Å². The van der Waals surface area contributed by atoms with Crippen molar-refractivity contribution in [2.24, 2.45) is 0 Å². The van der Waals surface area contributed by atoms with E-state index in [9.17, 15) is 19.5 Å². The Morgan fingerprint density at radius 2 is 1.06 bits per heavy atom. The number of aliphatic hydroxyl groups excluding tert-OH is 1. The second kappa shape index (κ2) is 10.9. The molecule has 0 aliphatic carbocycles. The summed E-state index contributed by atoms with van der Waals surface area (Å²) in [7, 11) is 0. The topological polar surface area (TPSA) is 96.4 Å². The molecule has 4 unspecified atom stereocenters. The van der Waals surface area contributed by atoms with E-state index in [0.717, 1.165) is 0 Å². The standard InChI is InChI=1S/C12H23NO3.C12H21NO3/c2*1-8-6-10(14)7-9(2)13(8)11(15)16-12(3,4)5/h8-10,14H,6-7H2,1-5H3;8-9H,6-7H2,1-5H3. The Hall–Kier alpha value is -1.83. The molecule has 0 aromatic carbocycles. The predicted octanol–water partition coefficient (Wildman–Crippen LogP) is 4.52. The molecule has 2 aliphatic heterocycles. The number of ketones is 1. The summed E-state index contributed by atoms with van der Waals surface area (Å²) in [4.78, 5) is 38.7. The van der Waals surface area contributed by atoms with Crippen LogP contribution in [0.2, 0.25) is 0 Å². The fourth-order valence-electron chi connectivity index (χ4n) is 4.27. The van der Waals surface area contributed by atoms with Crippen LogP contribution in [-0.4, -0.2) is 74.3 Å². The molecule has 8 heteroatoms. The molecule has 4 atom stereocenters. The predicted molar refractivity (Wildman–Crippen MR) is 123 cm³/mol. The van der Waals surface area contributed by atoms with E-state index in [4.69, 9.17) is 9.47 Å². The fourth-order valence-corrected chi connectivity index (χ4v) is 4.27. The van der Waals surface area contributed by atoms with Gasteiger partial charge in [0.15, 0.2) is 0 Å². The van der Waals surface area contributed by atoms with E-state index in [1.165, 1.54) is 0 Å². The molecule has 2 rings (SSSR count). The molecule has 2 aliphatic rings. The fraction of sp³-hybridized carbons (Fsp3) is 0.875. The van der Waals surface area contributed by atoms with Gasteiger partial charge >= 0.3 is 12.2 Å². The van der Waals surface area contributed by atoms with Gasteiger partial charge in [-0.3, -0.25) is 4.79 Å². The molecule has 186 valence electrons. The van der Waals surface area contributed by atoms with Gasteiger partial charge in [-0.15, -0.1) is 0 Å². The minimum Gasteiger partial charge on any atom is -0.444 e. The Labute approximate surface area is 193 Å². The summed E-state index contributed by atoms with van der Waals surface area (Å²) in [6.07, 6.45) is 1.23. The third-order valence-corrected chi connectivity index (χ3v) is 5.38. The van der Waals surface area contributed by atoms with Crippen molar-refractivity contribution >= 4 is 18.0 Å². The van der Waals surface area contributed by atoms with E-state index < -0.39 is 11.2 Å². The number of likely N-dealkylation sites (tertiary alicyclic amines) is 2. The molecule has 2 saturated heterocycles. The lowest BCUT2D eigenvalue weighted by Crippen LogP contribution is -2.52. The minimum absolute atomic E-state index is 0.0357. The van der Waals surface area contributed by atoms with Crippen LogP contribution in [0.5, 0.6) is 0 Å². The maximum absolute atomic E-state index is 12.0. The average molecular weight is 457 g/mol. The number of hydrogen-bond donors (Lipinski definition) is 1.